The van der Waals surface area contributed by atoms with Crippen molar-refractivity contribution in [2.24, 2.45) is 0 Å². The predicted molar refractivity (Wildman–Crippen MR) is 113 cm³/mol. The number of nitrogens with one attached hydrogen (secondary N) is 1. The molecule has 0 aliphatic heterocycles. The molecule has 0 spiro atoms. The number of fused-ring (bicyclic) bond motifs is 1. The van der Waals surface area contributed by atoms with Gasteiger partial charge < -0.3 is 9.88 Å². The largest absolute Gasteiger partial charge is 0.352 e. The number of rotatable bonds is 5. The van der Waals surface area contributed by atoms with E-state index in [1.807, 2.05) is 66.3 Å². The summed E-state index contributed by atoms with van der Waals surface area (Å²) in [5.41, 5.74) is 1.62. The molecule has 0 saturated heterocycles. The average molecular weight is 402 g/mol. The van der Waals surface area contributed by atoms with E-state index >= 15 is 0 Å². The lowest BCUT2D eigenvalue weighted by molar-refractivity contribution is -0.124. The maximum Gasteiger partial charge on any atom is 0.280 e. The maximum atomic E-state index is 13.5. The van der Waals surface area contributed by atoms with E-state index in [0.29, 0.717) is 22.4 Å². The lowest BCUT2D eigenvalue weighted by Gasteiger charge is -2.15. The quantitative estimate of drug-likeness (QED) is 0.556. The predicted octanol–water partition coefficient (Wildman–Crippen LogP) is 2.52. The zero-order chi connectivity index (χ0) is 20.8. The summed E-state index contributed by atoms with van der Waals surface area (Å²) < 4.78 is 4.89. The first-order chi connectivity index (χ1) is 14.5. The SMILES string of the molecule is Cc1nn(C(C)C(=O)NC2CC2)c(=O)c2c(-n3cccc3)n(-c3ccccc3)nc12. The van der Waals surface area contributed by atoms with E-state index in [4.69, 9.17) is 5.10 Å². The Morgan fingerprint density at radius 2 is 1.80 bits per heavy atom. The van der Waals surface area contributed by atoms with Crippen molar-refractivity contribution in [1.82, 2.24) is 29.4 Å². The van der Waals surface area contributed by atoms with Crippen LogP contribution in [0.3, 0.4) is 0 Å². The highest BCUT2D eigenvalue weighted by Crippen LogP contribution is 2.25. The summed E-state index contributed by atoms with van der Waals surface area (Å²) >= 11 is 0. The van der Waals surface area contributed by atoms with Crippen LogP contribution in [-0.4, -0.2) is 36.1 Å². The molecular weight excluding hydrogens is 380 g/mol. The Kier molecular flexibility index (Phi) is 4.27. The molecule has 4 aromatic rings. The Balaban J connectivity index is 1.75. The third kappa shape index (κ3) is 3.01. The fourth-order valence-corrected chi connectivity index (χ4v) is 3.61. The first kappa shape index (κ1) is 18.4. The minimum atomic E-state index is -0.709. The molecule has 1 fully saturated rings. The average Bonchev–Trinajstić information content (AvgIpc) is 3.25. The minimum absolute atomic E-state index is 0.191. The molecule has 1 atom stereocenters. The van der Waals surface area contributed by atoms with Crippen molar-refractivity contribution in [1.29, 1.82) is 0 Å². The molecule has 1 unspecified atom stereocenters. The van der Waals surface area contributed by atoms with Gasteiger partial charge in [-0.25, -0.2) is 9.36 Å². The number of amides is 1. The number of carbonyl (C=O) groups excluding carboxylic acids is 1. The van der Waals surface area contributed by atoms with Gasteiger partial charge in [-0.3, -0.25) is 9.59 Å². The molecule has 30 heavy (non-hydrogen) atoms. The van der Waals surface area contributed by atoms with Crippen LogP contribution < -0.4 is 10.9 Å². The van der Waals surface area contributed by atoms with Gasteiger partial charge in [0.1, 0.15) is 16.9 Å². The van der Waals surface area contributed by atoms with Gasteiger partial charge in [0.15, 0.2) is 5.82 Å². The van der Waals surface area contributed by atoms with E-state index in [9.17, 15) is 9.59 Å². The van der Waals surface area contributed by atoms with E-state index in [1.54, 1.807) is 11.6 Å². The number of nitrogens with zero attached hydrogens (tertiary/aromatic N) is 5. The van der Waals surface area contributed by atoms with E-state index in [1.165, 1.54) is 4.68 Å². The number of benzene rings is 1. The molecule has 0 bridgehead atoms. The van der Waals surface area contributed by atoms with E-state index in [-0.39, 0.29) is 17.5 Å². The Labute approximate surface area is 172 Å². The fraction of sp³-hybridized carbons (Fsp3) is 0.273. The molecule has 1 saturated carbocycles. The summed E-state index contributed by atoms with van der Waals surface area (Å²) in [7, 11) is 0. The van der Waals surface area contributed by atoms with Gasteiger partial charge >= 0.3 is 0 Å². The van der Waals surface area contributed by atoms with Gasteiger partial charge in [0.2, 0.25) is 5.91 Å². The molecule has 3 aromatic heterocycles. The molecule has 3 heterocycles. The van der Waals surface area contributed by atoms with Crippen molar-refractivity contribution in [3.8, 4) is 11.5 Å². The van der Waals surface area contributed by atoms with Crippen LogP contribution in [0.1, 0.15) is 31.5 Å². The molecule has 1 amide bonds. The molecule has 5 rings (SSSR count). The number of hydrogen-bond donors (Lipinski definition) is 1. The van der Waals surface area contributed by atoms with Crippen LogP contribution in [0.5, 0.6) is 0 Å². The molecule has 1 aliphatic carbocycles. The van der Waals surface area contributed by atoms with Gasteiger partial charge in [0.25, 0.3) is 5.56 Å². The lowest BCUT2D eigenvalue weighted by Crippen LogP contribution is -2.38. The molecule has 1 aromatic carbocycles. The summed E-state index contributed by atoms with van der Waals surface area (Å²) in [4.78, 5) is 26.1. The Morgan fingerprint density at radius 1 is 1.10 bits per heavy atom. The second kappa shape index (κ2) is 6.98. The van der Waals surface area contributed by atoms with Crippen molar-refractivity contribution in [2.75, 3.05) is 0 Å². The van der Waals surface area contributed by atoms with Crippen LogP contribution in [0.4, 0.5) is 0 Å². The monoisotopic (exact) mass is 402 g/mol. The van der Waals surface area contributed by atoms with Crippen molar-refractivity contribution in [2.45, 2.75) is 38.8 Å². The Hall–Kier alpha value is -3.68. The first-order valence-corrected chi connectivity index (χ1v) is 10.1. The third-order valence-electron chi connectivity index (χ3n) is 5.40. The van der Waals surface area contributed by atoms with Gasteiger partial charge in [0.05, 0.1) is 11.4 Å². The van der Waals surface area contributed by atoms with Crippen LogP contribution in [0.15, 0.2) is 59.7 Å². The van der Waals surface area contributed by atoms with E-state index in [0.717, 1.165) is 18.5 Å². The van der Waals surface area contributed by atoms with Crippen molar-refractivity contribution in [3.05, 3.63) is 70.9 Å². The second-order valence-corrected chi connectivity index (χ2v) is 7.68. The highest BCUT2D eigenvalue weighted by atomic mass is 16.2. The first-order valence-electron chi connectivity index (χ1n) is 10.1. The zero-order valence-electron chi connectivity index (χ0n) is 16.8. The number of aryl methyl sites for hydroxylation is 1. The normalized spacial score (nSPS) is 14.7. The lowest BCUT2D eigenvalue weighted by atomic mass is 10.2. The molecule has 0 radical (unpaired) electrons. The topological polar surface area (TPSA) is 86.7 Å². The smallest absolute Gasteiger partial charge is 0.280 e. The fourth-order valence-electron chi connectivity index (χ4n) is 3.61. The minimum Gasteiger partial charge on any atom is -0.352 e. The number of carbonyl (C=O) groups is 1. The van der Waals surface area contributed by atoms with Gasteiger partial charge in [0, 0.05) is 18.4 Å². The standard InChI is InChI=1S/C22H22N6O2/c1-14-19-18(22(30)27(24-14)15(2)20(29)23-16-10-11-16)21(26-12-6-7-13-26)28(25-19)17-8-4-3-5-9-17/h3-9,12-13,15-16H,10-11H2,1-2H3,(H,23,29). The summed E-state index contributed by atoms with van der Waals surface area (Å²) in [6, 6.07) is 13.0. The Bertz CT molecular complexity index is 1280. The van der Waals surface area contributed by atoms with Gasteiger partial charge in [-0.1, -0.05) is 18.2 Å². The van der Waals surface area contributed by atoms with Crippen LogP contribution in [-0.2, 0) is 4.79 Å². The maximum absolute atomic E-state index is 13.5. The second-order valence-electron chi connectivity index (χ2n) is 7.68. The van der Waals surface area contributed by atoms with Crippen molar-refractivity contribution >= 4 is 16.8 Å². The summed E-state index contributed by atoms with van der Waals surface area (Å²) in [6.45, 7) is 3.51. The highest BCUT2D eigenvalue weighted by molar-refractivity contribution is 5.88. The van der Waals surface area contributed by atoms with Gasteiger partial charge in [-0.05, 0) is 51.0 Å². The third-order valence-corrected chi connectivity index (χ3v) is 5.40. The Morgan fingerprint density at radius 3 is 2.47 bits per heavy atom. The molecule has 8 nitrogen and oxygen atoms in total. The van der Waals surface area contributed by atoms with Crippen LogP contribution >= 0.6 is 0 Å². The van der Waals surface area contributed by atoms with Gasteiger partial charge in [-0.15, -0.1) is 0 Å². The molecule has 1 aliphatic rings. The van der Waals surface area contributed by atoms with Crippen molar-refractivity contribution in [3.63, 3.8) is 0 Å². The number of para-hydroxylation sites is 1. The van der Waals surface area contributed by atoms with E-state index < -0.39 is 6.04 Å². The zero-order valence-corrected chi connectivity index (χ0v) is 16.8. The van der Waals surface area contributed by atoms with Crippen molar-refractivity contribution < 1.29 is 4.79 Å². The van der Waals surface area contributed by atoms with Crippen LogP contribution in [0.2, 0.25) is 0 Å². The molecule has 8 heteroatoms. The number of aromatic nitrogens is 5. The summed E-state index contributed by atoms with van der Waals surface area (Å²) in [5.74, 6) is 0.434. The van der Waals surface area contributed by atoms with Crippen LogP contribution in [0, 0.1) is 6.92 Å². The van der Waals surface area contributed by atoms with E-state index in [2.05, 4.69) is 10.4 Å². The molecule has 1 N–H and O–H groups in total. The van der Waals surface area contributed by atoms with Gasteiger partial charge in [-0.2, -0.15) is 10.2 Å². The van der Waals surface area contributed by atoms with Crippen LogP contribution in [0.25, 0.3) is 22.4 Å². The summed E-state index contributed by atoms with van der Waals surface area (Å²) in [6.07, 6.45) is 5.72. The summed E-state index contributed by atoms with van der Waals surface area (Å²) in [5, 5.41) is 12.6. The molecular formula is C22H22N6O2. The molecule has 152 valence electrons. The highest BCUT2D eigenvalue weighted by Gasteiger charge is 2.29. The number of hydrogen-bond acceptors (Lipinski definition) is 4.